The molecular formula is C16H14O4S. The molecule has 0 bridgehead atoms. The van der Waals surface area contributed by atoms with E-state index in [-0.39, 0.29) is 6.61 Å². The Morgan fingerprint density at radius 1 is 1.29 bits per heavy atom. The molecule has 0 N–H and O–H groups in total. The molecule has 1 heterocycles. The lowest BCUT2D eigenvalue weighted by molar-refractivity contribution is -0.138. The van der Waals surface area contributed by atoms with Gasteiger partial charge in [0.2, 0.25) is 0 Å². The average Bonchev–Trinajstić information content (AvgIpc) is 3.04. The quantitative estimate of drug-likeness (QED) is 0.628. The third-order valence-corrected chi connectivity index (χ3v) is 3.39. The molecule has 4 nitrogen and oxygen atoms in total. The van der Waals surface area contributed by atoms with Gasteiger partial charge in [0, 0.05) is 6.08 Å². The molecule has 0 spiro atoms. The summed E-state index contributed by atoms with van der Waals surface area (Å²) < 4.78 is 9.76. The minimum absolute atomic E-state index is 0.109. The standard InChI is InChI=1S/C16H14O4S/c1-19-16(18)14-4-2-3-13(9-14)10-20-15(17)6-5-12-7-8-21-11-12/h2-9,11H,10H2,1H3/b6-5+. The third-order valence-electron chi connectivity index (χ3n) is 2.68. The Bertz CT molecular complexity index is 644. The fourth-order valence-corrected chi connectivity index (χ4v) is 2.27. The Morgan fingerprint density at radius 2 is 2.14 bits per heavy atom. The molecule has 1 aromatic heterocycles. The monoisotopic (exact) mass is 302 g/mol. The first-order valence-corrected chi connectivity index (χ1v) is 7.17. The van der Waals surface area contributed by atoms with Crippen LogP contribution in [0.4, 0.5) is 0 Å². The molecule has 2 rings (SSSR count). The van der Waals surface area contributed by atoms with Crippen LogP contribution in [-0.4, -0.2) is 19.0 Å². The van der Waals surface area contributed by atoms with Crippen LogP contribution in [0.15, 0.2) is 47.2 Å². The molecule has 1 aromatic carbocycles. The summed E-state index contributed by atoms with van der Waals surface area (Å²) in [5.74, 6) is -0.842. The molecule has 108 valence electrons. The van der Waals surface area contributed by atoms with Crippen LogP contribution in [0.1, 0.15) is 21.5 Å². The lowest BCUT2D eigenvalue weighted by Crippen LogP contribution is -2.04. The van der Waals surface area contributed by atoms with Crippen LogP contribution in [0.5, 0.6) is 0 Å². The predicted molar refractivity (Wildman–Crippen MR) is 80.9 cm³/mol. The molecule has 0 aliphatic rings. The van der Waals surface area contributed by atoms with Crippen LogP contribution >= 0.6 is 11.3 Å². The summed E-state index contributed by atoms with van der Waals surface area (Å²) in [4.78, 5) is 23.0. The van der Waals surface area contributed by atoms with Crippen LogP contribution < -0.4 is 0 Å². The second-order valence-corrected chi connectivity index (χ2v) is 4.97. The number of benzene rings is 1. The predicted octanol–water partition coefficient (Wildman–Crippen LogP) is 3.29. The highest BCUT2D eigenvalue weighted by Gasteiger charge is 2.06. The van der Waals surface area contributed by atoms with Crippen molar-refractivity contribution in [3.05, 3.63) is 63.9 Å². The van der Waals surface area contributed by atoms with Crippen molar-refractivity contribution in [2.75, 3.05) is 7.11 Å². The summed E-state index contributed by atoms with van der Waals surface area (Å²) in [6.45, 7) is 0.109. The maximum absolute atomic E-state index is 11.6. The van der Waals surface area contributed by atoms with Crippen molar-refractivity contribution >= 4 is 29.4 Å². The topological polar surface area (TPSA) is 52.6 Å². The van der Waals surface area contributed by atoms with Gasteiger partial charge in [-0.3, -0.25) is 0 Å². The van der Waals surface area contributed by atoms with Gasteiger partial charge in [-0.25, -0.2) is 9.59 Å². The van der Waals surface area contributed by atoms with Crippen molar-refractivity contribution in [1.82, 2.24) is 0 Å². The van der Waals surface area contributed by atoms with Gasteiger partial charge in [-0.05, 0) is 46.2 Å². The number of carbonyl (C=O) groups is 2. The first kappa shape index (κ1) is 15.0. The highest BCUT2D eigenvalue weighted by atomic mass is 32.1. The fourth-order valence-electron chi connectivity index (χ4n) is 1.64. The average molecular weight is 302 g/mol. The zero-order valence-electron chi connectivity index (χ0n) is 11.4. The third kappa shape index (κ3) is 4.57. The smallest absolute Gasteiger partial charge is 0.337 e. The Hall–Kier alpha value is -2.40. The van der Waals surface area contributed by atoms with E-state index < -0.39 is 11.9 Å². The highest BCUT2D eigenvalue weighted by Crippen LogP contribution is 2.10. The first-order valence-electron chi connectivity index (χ1n) is 6.23. The van der Waals surface area contributed by atoms with Crippen molar-refractivity contribution in [2.45, 2.75) is 6.61 Å². The van der Waals surface area contributed by atoms with Gasteiger partial charge < -0.3 is 9.47 Å². The van der Waals surface area contributed by atoms with Crippen LogP contribution in [0, 0.1) is 0 Å². The molecule has 5 heteroatoms. The van der Waals surface area contributed by atoms with Gasteiger partial charge in [0.25, 0.3) is 0 Å². The molecule has 0 aliphatic heterocycles. The van der Waals surface area contributed by atoms with E-state index in [4.69, 9.17) is 4.74 Å². The molecule has 0 fully saturated rings. The molecule has 0 atom stereocenters. The van der Waals surface area contributed by atoms with Crippen molar-refractivity contribution in [1.29, 1.82) is 0 Å². The first-order chi connectivity index (χ1) is 10.2. The van der Waals surface area contributed by atoms with Gasteiger partial charge in [-0.2, -0.15) is 11.3 Å². The summed E-state index contributed by atoms with van der Waals surface area (Å²) >= 11 is 1.56. The number of thiophene rings is 1. The molecule has 0 amide bonds. The Labute approximate surface area is 126 Å². The SMILES string of the molecule is COC(=O)c1cccc(COC(=O)/C=C/c2ccsc2)c1. The maximum Gasteiger partial charge on any atom is 0.337 e. The Kier molecular flexibility index (Phi) is 5.29. The maximum atomic E-state index is 11.6. The second-order valence-electron chi connectivity index (χ2n) is 4.19. The molecule has 2 aromatic rings. The van der Waals surface area contributed by atoms with Crippen molar-refractivity contribution < 1.29 is 19.1 Å². The van der Waals surface area contributed by atoms with Crippen molar-refractivity contribution in [3.63, 3.8) is 0 Å². The van der Waals surface area contributed by atoms with E-state index in [2.05, 4.69) is 4.74 Å². The van der Waals surface area contributed by atoms with Gasteiger partial charge in [-0.15, -0.1) is 0 Å². The summed E-state index contributed by atoms with van der Waals surface area (Å²) in [6.07, 6.45) is 3.08. The van der Waals surface area contributed by atoms with E-state index in [0.717, 1.165) is 11.1 Å². The largest absolute Gasteiger partial charge is 0.465 e. The zero-order valence-corrected chi connectivity index (χ0v) is 12.3. The molecule has 0 saturated carbocycles. The zero-order chi connectivity index (χ0) is 15.1. The summed E-state index contributed by atoms with van der Waals surface area (Å²) in [7, 11) is 1.32. The van der Waals surface area contributed by atoms with Crippen molar-refractivity contribution in [2.24, 2.45) is 0 Å². The summed E-state index contributed by atoms with van der Waals surface area (Å²) in [5, 5.41) is 3.87. The van der Waals surface area contributed by atoms with E-state index >= 15 is 0 Å². The lowest BCUT2D eigenvalue weighted by atomic mass is 10.1. The van der Waals surface area contributed by atoms with Gasteiger partial charge >= 0.3 is 11.9 Å². The number of hydrogen-bond acceptors (Lipinski definition) is 5. The van der Waals surface area contributed by atoms with Gasteiger partial charge in [0.05, 0.1) is 12.7 Å². The highest BCUT2D eigenvalue weighted by molar-refractivity contribution is 7.08. The number of ether oxygens (including phenoxy) is 2. The van der Waals surface area contributed by atoms with E-state index in [9.17, 15) is 9.59 Å². The van der Waals surface area contributed by atoms with E-state index in [1.807, 2.05) is 16.8 Å². The number of esters is 2. The van der Waals surface area contributed by atoms with Crippen LogP contribution in [-0.2, 0) is 20.9 Å². The minimum atomic E-state index is -0.426. The van der Waals surface area contributed by atoms with Crippen LogP contribution in [0.3, 0.4) is 0 Å². The van der Waals surface area contributed by atoms with Crippen LogP contribution in [0.25, 0.3) is 6.08 Å². The van der Waals surface area contributed by atoms with Crippen molar-refractivity contribution in [3.8, 4) is 0 Å². The molecule has 0 unspecified atom stereocenters. The fraction of sp³-hybridized carbons (Fsp3) is 0.125. The summed E-state index contributed by atoms with van der Waals surface area (Å²) in [5.41, 5.74) is 2.12. The molecule has 0 aliphatic carbocycles. The van der Waals surface area contributed by atoms with E-state index in [1.54, 1.807) is 41.7 Å². The number of hydrogen-bond donors (Lipinski definition) is 0. The van der Waals surface area contributed by atoms with Crippen LogP contribution in [0.2, 0.25) is 0 Å². The lowest BCUT2D eigenvalue weighted by Gasteiger charge is -2.04. The van der Waals surface area contributed by atoms with Gasteiger partial charge in [0.15, 0.2) is 0 Å². The number of rotatable bonds is 5. The van der Waals surface area contributed by atoms with E-state index in [0.29, 0.717) is 5.56 Å². The normalized spacial score (nSPS) is 10.5. The Morgan fingerprint density at radius 3 is 2.86 bits per heavy atom. The number of methoxy groups -OCH3 is 1. The van der Waals surface area contributed by atoms with Gasteiger partial charge in [-0.1, -0.05) is 12.1 Å². The van der Waals surface area contributed by atoms with E-state index in [1.165, 1.54) is 13.2 Å². The molecule has 0 radical (unpaired) electrons. The molecule has 0 saturated heterocycles. The molecule has 21 heavy (non-hydrogen) atoms. The summed E-state index contributed by atoms with van der Waals surface area (Å²) in [6, 6.07) is 8.70. The Balaban J connectivity index is 1.90. The van der Waals surface area contributed by atoms with Gasteiger partial charge in [0.1, 0.15) is 6.61 Å². The minimum Gasteiger partial charge on any atom is -0.465 e. The second kappa shape index (κ2) is 7.40. The molecular weight excluding hydrogens is 288 g/mol. The number of carbonyl (C=O) groups excluding carboxylic acids is 2.